The largest absolute Gasteiger partial charge is 0.382 e. The van der Waals surface area contributed by atoms with Crippen LogP contribution in [0.1, 0.15) is 24.1 Å². The molecule has 3 aromatic rings. The third kappa shape index (κ3) is 3.92. The number of fused-ring (bicyclic) bond motifs is 1. The minimum Gasteiger partial charge on any atom is -0.382 e. The Morgan fingerprint density at radius 1 is 1.31 bits per heavy atom. The monoisotopic (exact) mass is 363 g/mol. The normalized spacial score (nSPS) is 11.7. The van der Waals surface area contributed by atoms with E-state index >= 15 is 0 Å². The van der Waals surface area contributed by atoms with Gasteiger partial charge in [-0.05, 0) is 23.3 Å². The van der Waals surface area contributed by atoms with Gasteiger partial charge in [0.2, 0.25) is 5.91 Å². The van der Waals surface area contributed by atoms with Gasteiger partial charge in [0.15, 0.2) is 5.16 Å². The number of hydrogen-bond donors (Lipinski definition) is 2. The molecule has 0 saturated carbocycles. The number of carbonyl (C=O) groups excluding carboxylic acids is 1. The molecule has 1 atom stereocenters. The molecule has 3 N–H and O–H groups in total. The van der Waals surface area contributed by atoms with E-state index in [1.54, 1.807) is 0 Å². The molecular formula is C19H17N5OS. The molecule has 0 unspecified atom stereocenters. The molecular weight excluding hydrogens is 346 g/mol. The van der Waals surface area contributed by atoms with Crippen LogP contribution in [0.2, 0.25) is 0 Å². The van der Waals surface area contributed by atoms with Crippen LogP contribution in [-0.2, 0) is 4.79 Å². The second-order valence-electron chi connectivity index (χ2n) is 5.71. The number of nitriles is 1. The van der Waals surface area contributed by atoms with Crippen LogP contribution in [0.25, 0.3) is 10.8 Å². The molecule has 0 aliphatic rings. The minimum atomic E-state index is -0.124. The lowest BCUT2D eigenvalue weighted by atomic mass is 10.00. The van der Waals surface area contributed by atoms with Gasteiger partial charge in [0.05, 0.1) is 18.0 Å². The summed E-state index contributed by atoms with van der Waals surface area (Å²) < 4.78 is 0. The van der Waals surface area contributed by atoms with Crippen molar-refractivity contribution in [2.24, 2.45) is 0 Å². The number of rotatable bonds is 5. The highest BCUT2D eigenvalue weighted by molar-refractivity contribution is 7.99. The van der Waals surface area contributed by atoms with E-state index in [-0.39, 0.29) is 29.1 Å². The van der Waals surface area contributed by atoms with Gasteiger partial charge < -0.3 is 11.1 Å². The minimum absolute atomic E-state index is 0.120. The van der Waals surface area contributed by atoms with Gasteiger partial charge in [0.25, 0.3) is 0 Å². The predicted octanol–water partition coefficient (Wildman–Crippen LogP) is 3.05. The highest BCUT2D eigenvalue weighted by Crippen LogP contribution is 2.24. The Labute approximate surface area is 155 Å². The molecule has 0 fully saturated rings. The standard InChI is InChI=1S/C19H17N5OS/c1-12(15-8-4-6-13-5-2-3-7-16(13)15)23-17(25)11-26-19-22-10-14(9-20)18(21)24-19/h2-8,10,12H,11H2,1H3,(H,23,25)(H2,21,22,24)/t12-/m1/s1. The molecule has 3 rings (SSSR count). The second kappa shape index (κ2) is 7.85. The third-order valence-corrected chi connectivity index (χ3v) is 4.78. The first-order chi connectivity index (χ1) is 12.6. The van der Waals surface area contributed by atoms with Crippen LogP contribution in [0.15, 0.2) is 53.8 Å². The molecule has 0 aliphatic heterocycles. The molecule has 1 aromatic heterocycles. The zero-order chi connectivity index (χ0) is 18.5. The maximum Gasteiger partial charge on any atom is 0.230 e. The first-order valence-electron chi connectivity index (χ1n) is 8.01. The molecule has 7 heteroatoms. The van der Waals surface area contributed by atoms with Crippen LogP contribution in [0.4, 0.5) is 5.82 Å². The van der Waals surface area contributed by atoms with E-state index < -0.39 is 0 Å². The molecule has 2 aromatic carbocycles. The lowest BCUT2D eigenvalue weighted by molar-refractivity contribution is -0.119. The van der Waals surface area contributed by atoms with Crippen molar-refractivity contribution in [3.63, 3.8) is 0 Å². The van der Waals surface area contributed by atoms with Crippen molar-refractivity contribution in [3.05, 3.63) is 59.8 Å². The number of nitrogens with zero attached hydrogens (tertiary/aromatic N) is 3. The van der Waals surface area contributed by atoms with Crippen molar-refractivity contribution < 1.29 is 4.79 Å². The fourth-order valence-electron chi connectivity index (χ4n) is 2.65. The Bertz CT molecular complexity index is 993. The quantitative estimate of drug-likeness (QED) is 0.533. The molecule has 1 amide bonds. The van der Waals surface area contributed by atoms with Crippen LogP contribution in [0.3, 0.4) is 0 Å². The summed E-state index contributed by atoms with van der Waals surface area (Å²) in [5.41, 5.74) is 6.96. The summed E-state index contributed by atoms with van der Waals surface area (Å²) in [5, 5.41) is 14.5. The zero-order valence-corrected chi connectivity index (χ0v) is 15.0. The Hall–Kier alpha value is -3.11. The number of thioether (sulfide) groups is 1. The SMILES string of the molecule is C[C@@H](NC(=O)CSc1ncc(C#N)c(N)n1)c1cccc2ccccc12. The fraction of sp³-hybridized carbons (Fsp3) is 0.158. The number of nitrogen functional groups attached to an aromatic ring is 1. The lowest BCUT2D eigenvalue weighted by Gasteiger charge is -2.16. The summed E-state index contributed by atoms with van der Waals surface area (Å²) in [6, 6.07) is 15.9. The summed E-state index contributed by atoms with van der Waals surface area (Å²) in [4.78, 5) is 20.3. The molecule has 0 saturated heterocycles. The molecule has 1 heterocycles. The van der Waals surface area contributed by atoms with Crippen LogP contribution in [0, 0.1) is 11.3 Å². The number of amides is 1. The van der Waals surface area contributed by atoms with Gasteiger partial charge in [0.1, 0.15) is 17.5 Å². The smallest absolute Gasteiger partial charge is 0.230 e. The van der Waals surface area contributed by atoms with Gasteiger partial charge in [-0.25, -0.2) is 9.97 Å². The number of nitrogens with two attached hydrogens (primary N) is 1. The van der Waals surface area contributed by atoms with Crippen LogP contribution in [-0.4, -0.2) is 21.6 Å². The summed E-state index contributed by atoms with van der Waals surface area (Å²) in [6.45, 7) is 1.96. The van der Waals surface area contributed by atoms with Gasteiger partial charge in [0, 0.05) is 0 Å². The first kappa shape index (κ1) is 17.7. The van der Waals surface area contributed by atoms with E-state index in [2.05, 4.69) is 33.5 Å². The van der Waals surface area contributed by atoms with E-state index in [1.807, 2.05) is 37.3 Å². The van der Waals surface area contributed by atoms with E-state index in [9.17, 15) is 4.79 Å². The number of carbonyl (C=O) groups is 1. The molecule has 0 aliphatic carbocycles. The predicted molar refractivity (Wildman–Crippen MR) is 102 cm³/mol. The molecule has 130 valence electrons. The Balaban J connectivity index is 1.64. The molecule has 0 bridgehead atoms. The molecule has 0 spiro atoms. The number of hydrogen-bond acceptors (Lipinski definition) is 6. The van der Waals surface area contributed by atoms with Crippen molar-refractivity contribution in [1.82, 2.24) is 15.3 Å². The van der Waals surface area contributed by atoms with Gasteiger partial charge >= 0.3 is 0 Å². The average Bonchev–Trinajstić information content (AvgIpc) is 2.66. The number of anilines is 1. The number of aromatic nitrogens is 2. The molecule has 6 nitrogen and oxygen atoms in total. The Kier molecular flexibility index (Phi) is 5.34. The van der Waals surface area contributed by atoms with Gasteiger partial charge in [-0.2, -0.15) is 5.26 Å². The Morgan fingerprint density at radius 3 is 2.85 bits per heavy atom. The van der Waals surface area contributed by atoms with Crippen molar-refractivity contribution in [2.45, 2.75) is 18.1 Å². The maximum absolute atomic E-state index is 12.3. The number of nitrogens with one attached hydrogen (secondary N) is 1. The summed E-state index contributed by atoms with van der Waals surface area (Å²) in [5.74, 6) is 0.164. The summed E-state index contributed by atoms with van der Waals surface area (Å²) >= 11 is 1.18. The Morgan fingerprint density at radius 2 is 2.08 bits per heavy atom. The van der Waals surface area contributed by atoms with E-state index in [4.69, 9.17) is 11.0 Å². The van der Waals surface area contributed by atoms with Crippen LogP contribution < -0.4 is 11.1 Å². The molecule has 26 heavy (non-hydrogen) atoms. The maximum atomic E-state index is 12.3. The fourth-order valence-corrected chi connectivity index (χ4v) is 3.29. The van der Waals surface area contributed by atoms with Gasteiger partial charge in [-0.3, -0.25) is 4.79 Å². The zero-order valence-electron chi connectivity index (χ0n) is 14.1. The topological polar surface area (TPSA) is 105 Å². The summed E-state index contributed by atoms with van der Waals surface area (Å²) in [6.07, 6.45) is 1.36. The van der Waals surface area contributed by atoms with E-state index in [0.717, 1.165) is 16.3 Å². The summed E-state index contributed by atoms with van der Waals surface area (Å²) in [7, 11) is 0. The van der Waals surface area contributed by atoms with Gasteiger partial charge in [-0.15, -0.1) is 0 Å². The second-order valence-corrected chi connectivity index (χ2v) is 6.65. The first-order valence-corrected chi connectivity index (χ1v) is 8.99. The van der Waals surface area contributed by atoms with E-state index in [1.165, 1.54) is 18.0 Å². The van der Waals surface area contributed by atoms with Crippen molar-refractivity contribution in [2.75, 3.05) is 11.5 Å². The highest BCUT2D eigenvalue weighted by Gasteiger charge is 2.13. The molecule has 0 radical (unpaired) electrons. The van der Waals surface area contributed by atoms with Crippen molar-refractivity contribution in [1.29, 1.82) is 5.26 Å². The van der Waals surface area contributed by atoms with Crippen LogP contribution >= 0.6 is 11.8 Å². The van der Waals surface area contributed by atoms with Gasteiger partial charge in [-0.1, -0.05) is 54.2 Å². The lowest BCUT2D eigenvalue weighted by Crippen LogP contribution is -2.28. The van der Waals surface area contributed by atoms with E-state index in [0.29, 0.717) is 5.16 Å². The van der Waals surface area contributed by atoms with Crippen molar-refractivity contribution in [3.8, 4) is 6.07 Å². The highest BCUT2D eigenvalue weighted by atomic mass is 32.2. The number of benzene rings is 2. The average molecular weight is 363 g/mol. The van der Waals surface area contributed by atoms with Crippen molar-refractivity contribution >= 4 is 34.3 Å². The third-order valence-electron chi connectivity index (χ3n) is 3.92. The van der Waals surface area contributed by atoms with Crippen LogP contribution in [0.5, 0.6) is 0 Å².